The number of aliphatic carboxylic acids is 1. The quantitative estimate of drug-likeness (QED) is 0.841. The van der Waals surface area contributed by atoms with E-state index in [2.05, 4.69) is 21.2 Å². The van der Waals surface area contributed by atoms with E-state index in [-0.39, 0.29) is 23.2 Å². The van der Waals surface area contributed by atoms with Gasteiger partial charge < -0.3 is 15.3 Å². The van der Waals surface area contributed by atoms with Crippen LogP contribution in [0.2, 0.25) is 5.02 Å². The van der Waals surface area contributed by atoms with Crippen LogP contribution in [0.1, 0.15) is 19.3 Å². The number of likely N-dealkylation sites (tertiary alicyclic amines) is 1. The lowest BCUT2D eigenvalue weighted by molar-refractivity contribution is -0.137. The van der Waals surface area contributed by atoms with Crippen molar-refractivity contribution in [3.05, 3.63) is 27.4 Å². The average Bonchev–Trinajstić information content (AvgIpc) is 2.80. The molecule has 2 rings (SSSR count). The minimum Gasteiger partial charge on any atom is -0.481 e. The number of nitrogens with zero attached hydrogens (tertiary/aromatic N) is 1. The fourth-order valence-electron chi connectivity index (χ4n) is 2.36. The maximum Gasteiger partial charge on any atom is 0.322 e. The lowest BCUT2D eigenvalue weighted by atomic mass is 10.1. The molecule has 1 unspecified atom stereocenters. The highest BCUT2D eigenvalue weighted by atomic mass is 79.9. The SMILES string of the molecule is O=C(O)CC1CCCN1C(=O)Nc1c(Cl)cc(F)cc1Br. The molecule has 1 saturated heterocycles. The van der Waals surface area contributed by atoms with Crippen molar-refractivity contribution < 1.29 is 19.1 Å². The van der Waals surface area contributed by atoms with Crippen LogP contribution in [0, 0.1) is 5.82 Å². The topological polar surface area (TPSA) is 69.6 Å². The van der Waals surface area contributed by atoms with Gasteiger partial charge in [0, 0.05) is 17.1 Å². The Balaban J connectivity index is 2.13. The molecular formula is C13H13BrClFN2O3. The maximum atomic E-state index is 13.1. The Hall–Kier alpha value is -1.34. The summed E-state index contributed by atoms with van der Waals surface area (Å²) >= 11 is 9.05. The number of hydrogen-bond acceptors (Lipinski definition) is 2. The number of carboxylic acids is 1. The first kappa shape index (κ1) is 16.0. The first-order valence-corrected chi connectivity index (χ1v) is 7.49. The van der Waals surface area contributed by atoms with Gasteiger partial charge in [0.05, 0.1) is 17.1 Å². The lowest BCUT2D eigenvalue weighted by Gasteiger charge is -2.24. The number of benzene rings is 1. The number of carbonyl (C=O) groups is 2. The Morgan fingerprint density at radius 3 is 2.86 bits per heavy atom. The van der Waals surface area contributed by atoms with Gasteiger partial charge in [0.15, 0.2) is 0 Å². The smallest absolute Gasteiger partial charge is 0.322 e. The predicted octanol–water partition coefficient (Wildman–Crippen LogP) is 3.71. The molecule has 2 N–H and O–H groups in total. The van der Waals surface area contributed by atoms with Gasteiger partial charge in [-0.3, -0.25) is 4.79 Å². The third kappa shape index (κ3) is 3.85. The summed E-state index contributed by atoms with van der Waals surface area (Å²) in [6, 6.07) is 1.52. The normalized spacial score (nSPS) is 17.9. The Morgan fingerprint density at radius 2 is 2.24 bits per heavy atom. The van der Waals surface area contributed by atoms with E-state index in [0.29, 0.717) is 17.4 Å². The standard InChI is InChI=1S/C13H13BrClFN2O3/c14-9-4-7(16)5-10(15)12(9)17-13(21)18-3-1-2-8(18)6-11(19)20/h4-5,8H,1-3,6H2,(H,17,21)(H,19,20). The molecule has 0 spiro atoms. The zero-order chi connectivity index (χ0) is 15.6. The molecule has 114 valence electrons. The largest absolute Gasteiger partial charge is 0.481 e. The summed E-state index contributed by atoms with van der Waals surface area (Å²) in [5.41, 5.74) is 0.268. The van der Waals surface area contributed by atoms with E-state index >= 15 is 0 Å². The van der Waals surface area contributed by atoms with E-state index in [4.69, 9.17) is 16.7 Å². The van der Waals surface area contributed by atoms with Crippen LogP contribution in [0.25, 0.3) is 0 Å². The minimum absolute atomic E-state index is 0.0733. The van der Waals surface area contributed by atoms with Crippen LogP contribution in [-0.4, -0.2) is 34.6 Å². The van der Waals surface area contributed by atoms with Crippen LogP contribution in [0.15, 0.2) is 16.6 Å². The number of hydrogen-bond donors (Lipinski definition) is 2. The van der Waals surface area contributed by atoms with Gasteiger partial charge in [0.2, 0.25) is 0 Å². The number of amides is 2. The van der Waals surface area contributed by atoms with Crippen molar-refractivity contribution in [2.45, 2.75) is 25.3 Å². The lowest BCUT2D eigenvalue weighted by Crippen LogP contribution is -2.39. The number of rotatable bonds is 3. The second kappa shape index (κ2) is 6.62. The molecule has 0 bridgehead atoms. The van der Waals surface area contributed by atoms with Gasteiger partial charge >= 0.3 is 12.0 Å². The van der Waals surface area contributed by atoms with Gasteiger partial charge in [-0.25, -0.2) is 9.18 Å². The number of nitrogens with one attached hydrogen (secondary N) is 1. The molecule has 8 heteroatoms. The summed E-state index contributed by atoms with van der Waals surface area (Å²) in [7, 11) is 0. The average molecular weight is 380 g/mol. The first-order valence-electron chi connectivity index (χ1n) is 6.32. The summed E-state index contributed by atoms with van der Waals surface area (Å²) in [5, 5.41) is 11.5. The highest BCUT2D eigenvalue weighted by Crippen LogP contribution is 2.32. The van der Waals surface area contributed by atoms with Crippen molar-refractivity contribution in [2.75, 3.05) is 11.9 Å². The summed E-state index contributed by atoms with van der Waals surface area (Å²) in [5.74, 6) is -1.46. The maximum absolute atomic E-state index is 13.1. The zero-order valence-electron chi connectivity index (χ0n) is 10.9. The third-order valence-corrected chi connectivity index (χ3v) is 4.21. The van der Waals surface area contributed by atoms with Crippen LogP contribution in [0.5, 0.6) is 0 Å². The van der Waals surface area contributed by atoms with E-state index in [1.807, 2.05) is 0 Å². The zero-order valence-corrected chi connectivity index (χ0v) is 13.2. The minimum atomic E-state index is -0.944. The van der Waals surface area contributed by atoms with E-state index in [0.717, 1.165) is 12.5 Å². The van der Waals surface area contributed by atoms with E-state index < -0.39 is 17.8 Å². The van der Waals surface area contributed by atoms with Crippen LogP contribution < -0.4 is 5.32 Å². The number of carboxylic acid groups (broad SMARTS) is 1. The van der Waals surface area contributed by atoms with Crippen molar-refractivity contribution in [3.63, 3.8) is 0 Å². The Kier molecular flexibility index (Phi) is 5.05. The summed E-state index contributed by atoms with van der Waals surface area (Å²) < 4.78 is 13.5. The molecule has 21 heavy (non-hydrogen) atoms. The Bertz CT molecular complexity index is 562. The van der Waals surface area contributed by atoms with Crippen LogP contribution >= 0.6 is 27.5 Å². The monoisotopic (exact) mass is 378 g/mol. The van der Waals surface area contributed by atoms with Crippen molar-refractivity contribution in [1.82, 2.24) is 4.90 Å². The molecule has 0 saturated carbocycles. The van der Waals surface area contributed by atoms with Gasteiger partial charge in [-0.1, -0.05) is 11.6 Å². The van der Waals surface area contributed by atoms with Gasteiger partial charge in [-0.2, -0.15) is 0 Å². The fourth-order valence-corrected chi connectivity index (χ4v) is 3.26. The van der Waals surface area contributed by atoms with Crippen LogP contribution in [0.4, 0.5) is 14.9 Å². The van der Waals surface area contributed by atoms with Crippen molar-refractivity contribution in [3.8, 4) is 0 Å². The van der Waals surface area contributed by atoms with E-state index in [1.54, 1.807) is 0 Å². The molecule has 1 heterocycles. The van der Waals surface area contributed by atoms with Gasteiger partial charge in [0.1, 0.15) is 5.82 Å². The molecule has 1 aliphatic rings. The van der Waals surface area contributed by atoms with Crippen molar-refractivity contribution >= 4 is 45.2 Å². The molecule has 0 aromatic heterocycles. The highest BCUT2D eigenvalue weighted by Gasteiger charge is 2.30. The molecule has 2 amide bonds. The second-order valence-electron chi connectivity index (χ2n) is 4.76. The second-order valence-corrected chi connectivity index (χ2v) is 6.02. The number of halogens is 3. The summed E-state index contributed by atoms with van der Waals surface area (Å²) in [4.78, 5) is 24.5. The van der Waals surface area contributed by atoms with E-state index in [1.165, 1.54) is 11.0 Å². The molecule has 1 atom stereocenters. The predicted molar refractivity (Wildman–Crippen MR) is 80.1 cm³/mol. The molecule has 1 fully saturated rings. The van der Waals surface area contributed by atoms with E-state index in [9.17, 15) is 14.0 Å². The van der Waals surface area contributed by atoms with Gasteiger partial charge in [-0.05, 0) is 40.9 Å². The molecule has 1 aliphatic heterocycles. The van der Waals surface area contributed by atoms with Crippen molar-refractivity contribution in [2.24, 2.45) is 0 Å². The third-order valence-electron chi connectivity index (χ3n) is 3.29. The molecule has 0 aliphatic carbocycles. The molecule has 1 aromatic rings. The molecule has 0 radical (unpaired) electrons. The fraction of sp³-hybridized carbons (Fsp3) is 0.385. The first-order chi connectivity index (χ1) is 9.88. The summed E-state index contributed by atoms with van der Waals surface area (Å²) in [6.07, 6.45) is 1.31. The summed E-state index contributed by atoms with van der Waals surface area (Å²) in [6.45, 7) is 0.486. The Morgan fingerprint density at radius 1 is 1.52 bits per heavy atom. The molecule has 5 nitrogen and oxygen atoms in total. The van der Waals surface area contributed by atoms with Gasteiger partial charge in [-0.15, -0.1) is 0 Å². The van der Waals surface area contributed by atoms with Crippen molar-refractivity contribution in [1.29, 1.82) is 0 Å². The van der Waals surface area contributed by atoms with Crippen LogP contribution in [0.3, 0.4) is 0 Å². The number of anilines is 1. The molecule has 1 aromatic carbocycles. The Labute approximate surface area is 134 Å². The number of carbonyl (C=O) groups excluding carboxylic acids is 1. The van der Waals surface area contributed by atoms with Gasteiger partial charge in [0.25, 0.3) is 0 Å². The highest BCUT2D eigenvalue weighted by molar-refractivity contribution is 9.10. The van der Waals surface area contributed by atoms with Crippen LogP contribution in [-0.2, 0) is 4.79 Å². The molecular weight excluding hydrogens is 367 g/mol. The number of urea groups is 1.